The zero-order valence-electron chi connectivity index (χ0n) is 11.0. The molecule has 1 aromatic carbocycles. The molecular formula is C15H16N2O3. The lowest BCUT2D eigenvalue weighted by Gasteiger charge is -2.09. The molecule has 20 heavy (non-hydrogen) atoms. The largest absolute Gasteiger partial charge is 0.493 e. The summed E-state index contributed by atoms with van der Waals surface area (Å²) in [4.78, 5) is 19.0. The Bertz CT molecular complexity index is 646. The second-order valence-electron chi connectivity index (χ2n) is 5.01. The second kappa shape index (κ2) is 5.46. The van der Waals surface area contributed by atoms with Crippen LogP contribution in [0.3, 0.4) is 0 Å². The van der Waals surface area contributed by atoms with Crippen molar-refractivity contribution in [3.05, 3.63) is 46.5 Å². The third kappa shape index (κ3) is 2.58. The zero-order chi connectivity index (χ0) is 13.9. The van der Waals surface area contributed by atoms with Gasteiger partial charge in [0, 0.05) is 19.6 Å². The van der Waals surface area contributed by atoms with E-state index < -0.39 is 0 Å². The summed E-state index contributed by atoms with van der Waals surface area (Å²) < 4.78 is 5.30. The highest BCUT2D eigenvalue weighted by atomic mass is 16.5. The second-order valence-corrected chi connectivity index (χ2v) is 5.01. The van der Waals surface area contributed by atoms with E-state index in [1.54, 1.807) is 12.1 Å². The minimum Gasteiger partial charge on any atom is -0.493 e. The van der Waals surface area contributed by atoms with Crippen molar-refractivity contribution in [2.24, 2.45) is 5.92 Å². The first kappa shape index (κ1) is 12.9. The minimum atomic E-state index is -0.308. The smallest absolute Gasteiger partial charge is 0.262 e. The number of aromatic nitrogens is 2. The van der Waals surface area contributed by atoms with Crippen LogP contribution in [0.1, 0.15) is 12.2 Å². The molecule has 5 heteroatoms. The maximum absolute atomic E-state index is 12.1. The van der Waals surface area contributed by atoms with Crippen LogP contribution in [0.15, 0.2) is 35.1 Å². The Kier molecular flexibility index (Phi) is 3.52. The van der Waals surface area contributed by atoms with Crippen molar-refractivity contribution in [2.45, 2.75) is 12.8 Å². The van der Waals surface area contributed by atoms with E-state index in [1.807, 2.05) is 18.2 Å². The Morgan fingerprint density at radius 3 is 2.80 bits per heavy atom. The number of hydrogen-bond donors (Lipinski definition) is 2. The third-order valence-corrected chi connectivity index (χ3v) is 3.52. The van der Waals surface area contributed by atoms with Crippen LogP contribution >= 0.6 is 0 Å². The average Bonchev–Trinajstić information content (AvgIpc) is 2.92. The Balaban J connectivity index is 1.92. The molecule has 1 aliphatic heterocycles. The van der Waals surface area contributed by atoms with Crippen LogP contribution in [0.4, 0.5) is 0 Å². The molecule has 1 atom stereocenters. The van der Waals surface area contributed by atoms with Gasteiger partial charge >= 0.3 is 0 Å². The first-order valence-electron chi connectivity index (χ1n) is 6.69. The SMILES string of the molecule is O=c1[nH]c(CC2CCOC2)nc(O)c1-c1ccccc1. The molecule has 5 nitrogen and oxygen atoms in total. The molecule has 0 spiro atoms. The van der Waals surface area contributed by atoms with Crippen molar-refractivity contribution in [1.82, 2.24) is 9.97 Å². The highest BCUT2D eigenvalue weighted by Gasteiger charge is 2.19. The van der Waals surface area contributed by atoms with Gasteiger partial charge in [-0.2, -0.15) is 4.98 Å². The van der Waals surface area contributed by atoms with E-state index in [-0.39, 0.29) is 17.0 Å². The number of ether oxygens (including phenoxy) is 1. The Morgan fingerprint density at radius 1 is 1.35 bits per heavy atom. The molecule has 2 heterocycles. The van der Waals surface area contributed by atoms with Crippen molar-refractivity contribution in [3.63, 3.8) is 0 Å². The van der Waals surface area contributed by atoms with Crippen molar-refractivity contribution in [3.8, 4) is 17.0 Å². The van der Waals surface area contributed by atoms with E-state index in [2.05, 4.69) is 9.97 Å². The maximum Gasteiger partial charge on any atom is 0.262 e. The lowest BCUT2D eigenvalue weighted by atomic mass is 10.0. The number of H-pyrrole nitrogens is 1. The van der Waals surface area contributed by atoms with Crippen molar-refractivity contribution < 1.29 is 9.84 Å². The van der Waals surface area contributed by atoms with E-state index in [1.165, 1.54) is 0 Å². The van der Waals surface area contributed by atoms with Gasteiger partial charge in [0.2, 0.25) is 5.88 Å². The van der Waals surface area contributed by atoms with Crippen LogP contribution in [0.5, 0.6) is 5.88 Å². The molecule has 0 radical (unpaired) electrons. The molecule has 3 rings (SSSR count). The number of hydrogen-bond acceptors (Lipinski definition) is 4. The lowest BCUT2D eigenvalue weighted by Crippen LogP contribution is -2.16. The third-order valence-electron chi connectivity index (χ3n) is 3.52. The van der Waals surface area contributed by atoms with Crippen molar-refractivity contribution in [1.29, 1.82) is 0 Å². The van der Waals surface area contributed by atoms with Gasteiger partial charge in [0.25, 0.3) is 5.56 Å². The fourth-order valence-electron chi connectivity index (χ4n) is 2.49. The molecule has 2 aromatic rings. The molecule has 1 saturated heterocycles. The molecule has 104 valence electrons. The highest BCUT2D eigenvalue weighted by Crippen LogP contribution is 2.24. The quantitative estimate of drug-likeness (QED) is 0.892. The van der Waals surface area contributed by atoms with Crippen molar-refractivity contribution in [2.75, 3.05) is 13.2 Å². The van der Waals surface area contributed by atoms with Gasteiger partial charge in [0.05, 0.1) is 0 Å². The molecule has 0 aliphatic carbocycles. The van der Waals surface area contributed by atoms with Crippen LogP contribution in [-0.2, 0) is 11.2 Å². The highest BCUT2D eigenvalue weighted by molar-refractivity contribution is 5.66. The molecule has 1 aromatic heterocycles. The summed E-state index contributed by atoms with van der Waals surface area (Å²) in [5, 5.41) is 10.0. The van der Waals surface area contributed by atoms with Crippen molar-refractivity contribution >= 4 is 0 Å². The van der Waals surface area contributed by atoms with Crippen LogP contribution in [-0.4, -0.2) is 28.3 Å². The predicted molar refractivity (Wildman–Crippen MR) is 74.6 cm³/mol. The lowest BCUT2D eigenvalue weighted by molar-refractivity contribution is 0.185. The summed E-state index contributed by atoms with van der Waals surface area (Å²) in [5.74, 6) is 0.664. The van der Waals surface area contributed by atoms with Gasteiger partial charge in [0.1, 0.15) is 11.4 Å². The van der Waals surface area contributed by atoms with Crippen LogP contribution < -0.4 is 5.56 Å². The van der Waals surface area contributed by atoms with Gasteiger partial charge in [-0.15, -0.1) is 0 Å². The summed E-state index contributed by atoms with van der Waals surface area (Å²) in [5.41, 5.74) is 0.573. The van der Waals surface area contributed by atoms with E-state index in [9.17, 15) is 9.90 Å². The van der Waals surface area contributed by atoms with Gasteiger partial charge < -0.3 is 14.8 Å². The molecular weight excluding hydrogens is 256 g/mol. The molecule has 1 unspecified atom stereocenters. The van der Waals surface area contributed by atoms with E-state index in [4.69, 9.17) is 4.74 Å². The Labute approximate surface area is 116 Å². The molecule has 1 fully saturated rings. The van der Waals surface area contributed by atoms with Gasteiger partial charge in [-0.05, 0) is 17.9 Å². The average molecular weight is 272 g/mol. The predicted octanol–water partition coefficient (Wildman–Crippen LogP) is 1.72. The molecule has 0 bridgehead atoms. The number of benzene rings is 1. The number of aromatic hydroxyl groups is 1. The van der Waals surface area contributed by atoms with Crippen LogP contribution in [0, 0.1) is 5.92 Å². The normalized spacial score (nSPS) is 18.3. The molecule has 0 amide bonds. The summed E-state index contributed by atoms with van der Waals surface area (Å²) in [7, 11) is 0. The first-order chi connectivity index (χ1) is 9.74. The fraction of sp³-hybridized carbons (Fsp3) is 0.333. The standard InChI is InChI=1S/C15H16N2O3/c18-14-13(11-4-2-1-3-5-11)15(19)17-12(16-14)8-10-6-7-20-9-10/h1-5,10H,6-9H2,(H2,16,17,18,19). The Hall–Kier alpha value is -2.14. The van der Waals surface area contributed by atoms with Gasteiger partial charge in [-0.3, -0.25) is 4.79 Å². The van der Waals surface area contributed by atoms with Gasteiger partial charge in [-0.25, -0.2) is 0 Å². The van der Waals surface area contributed by atoms with Gasteiger partial charge in [-0.1, -0.05) is 30.3 Å². The molecule has 1 aliphatic rings. The van der Waals surface area contributed by atoms with E-state index in [0.29, 0.717) is 30.3 Å². The maximum atomic E-state index is 12.1. The summed E-state index contributed by atoms with van der Waals surface area (Å²) in [6.45, 7) is 1.44. The number of nitrogens with zero attached hydrogens (tertiary/aromatic N) is 1. The fourth-order valence-corrected chi connectivity index (χ4v) is 2.49. The monoisotopic (exact) mass is 272 g/mol. The summed E-state index contributed by atoms with van der Waals surface area (Å²) in [6, 6.07) is 9.04. The number of rotatable bonds is 3. The van der Waals surface area contributed by atoms with Gasteiger partial charge in [0.15, 0.2) is 0 Å². The molecule has 2 N–H and O–H groups in total. The van der Waals surface area contributed by atoms with E-state index >= 15 is 0 Å². The van der Waals surface area contributed by atoms with Crippen LogP contribution in [0.2, 0.25) is 0 Å². The zero-order valence-corrected chi connectivity index (χ0v) is 11.0. The number of nitrogens with one attached hydrogen (secondary N) is 1. The first-order valence-corrected chi connectivity index (χ1v) is 6.69. The molecule has 0 saturated carbocycles. The topological polar surface area (TPSA) is 75.2 Å². The number of aromatic amines is 1. The summed E-state index contributed by atoms with van der Waals surface area (Å²) in [6.07, 6.45) is 1.59. The van der Waals surface area contributed by atoms with Crippen LogP contribution in [0.25, 0.3) is 11.1 Å². The minimum absolute atomic E-state index is 0.214. The summed E-state index contributed by atoms with van der Waals surface area (Å²) >= 11 is 0. The van der Waals surface area contributed by atoms with E-state index in [0.717, 1.165) is 13.0 Å². The Morgan fingerprint density at radius 2 is 2.15 bits per heavy atom.